The van der Waals surface area contributed by atoms with Gasteiger partial charge in [0.25, 0.3) is 0 Å². The minimum Gasteiger partial charge on any atom is -0.375 e. The lowest BCUT2D eigenvalue weighted by Gasteiger charge is -2.09. The molecule has 1 rings (SSSR count). The quantitative estimate of drug-likeness (QED) is 0.675. The molecule has 0 aliphatic carbocycles. The predicted molar refractivity (Wildman–Crippen MR) is 56.8 cm³/mol. The highest BCUT2D eigenvalue weighted by Crippen LogP contribution is 2.10. The van der Waals surface area contributed by atoms with Crippen LogP contribution in [0.15, 0.2) is 5.38 Å². The maximum Gasteiger partial charge on any atom is 0.180 e. The van der Waals surface area contributed by atoms with E-state index >= 15 is 0 Å². The minimum atomic E-state index is 0.643. The zero-order valence-electron chi connectivity index (χ0n) is 8.08. The van der Waals surface area contributed by atoms with E-state index in [1.165, 1.54) is 11.3 Å². The molecule has 1 heterocycles. The lowest BCUT2D eigenvalue weighted by Crippen LogP contribution is -2.26. The molecular formula is C8H16N4S. The molecule has 13 heavy (non-hydrogen) atoms. The third kappa shape index (κ3) is 4.21. The van der Waals surface area contributed by atoms with Crippen molar-refractivity contribution < 1.29 is 0 Å². The van der Waals surface area contributed by atoms with Gasteiger partial charge in [-0.05, 0) is 14.1 Å². The Morgan fingerprint density at radius 1 is 1.62 bits per heavy atom. The van der Waals surface area contributed by atoms with Crippen molar-refractivity contribution in [1.29, 1.82) is 0 Å². The second-order valence-electron chi connectivity index (χ2n) is 3.16. The van der Waals surface area contributed by atoms with Crippen molar-refractivity contribution in [1.82, 2.24) is 15.2 Å². The number of nitrogens with one attached hydrogen (secondary N) is 1. The van der Waals surface area contributed by atoms with Gasteiger partial charge in [-0.25, -0.2) is 4.98 Å². The normalized spacial score (nSPS) is 11.0. The van der Waals surface area contributed by atoms with Crippen LogP contribution in [0.4, 0.5) is 5.13 Å². The number of hydrogen-bond donors (Lipinski definition) is 2. The Morgan fingerprint density at radius 2 is 2.38 bits per heavy atom. The molecule has 0 aromatic carbocycles. The molecule has 0 saturated carbocycles. The fraction of sp³-hybridized carbons (Fsp3) is 0.625. The SMILES string of the molecule is CN(C)CCNCc1csc(N)n1. The van der Waals surface area contributed by atoms with Gasteiger partial charge in [-0.1, -0.05) is 0 Å². The van der Waals surface area contributed by atoms with Crippen molar-refractivity contribution in [3.63, 3.8) is 0 Å². The second-order valence-corrected chi connectivity index (χ2v) is 4.05. The van der Waals surface area contributed by atoms with Crippen LogP contribution in [0.2, 0.25) is 0 Å². The average Bonchev–Trinajstić information content (AvgIpc) is 2.45. The molecule has 4 nitrogen and oxygen atoms in total. The lowest BCUT2D eigenvalue weighted by molar-refractivity contribution is 0.399. The van der Waals surface area contributed by atoms with Gasteiger partial charge in [0.15, 0.2) is 5.13 Å². The molecular weight excluding hydrogens is 184 g/mol. The maximum atomic E-state index is 5.50. The summed E-state index contributed by atoms with van der Waals surface area (Å²) in [5.74, 6) is 0. The molecule has 0 fully saturated rings. The number of hydrogen-bond acceptors (Lipinski definition) is 5. The molecule has 1 aromatic heterocycles. The van der Waals surface area contributed by atoms with Crippen molar-refractivity contribution in [3.05, 3.63) is 11.1 Å². The van der Waals surface area contributed by atoms with E-state index in [4.69, 9.17) is 5.73 Å². The maximum absolute atomic E-state index is 5.50. The molecule has 3 N–H and O–H groups in total. The van der Waals surface area contributed by atoms with Crippen LogP contribution in [0.5, 0.6) is 0 Å². The molecule has 0 radical (unpaired) electrons. The summed E-state index contributed by atoms with van der Waals surface area (Å²) in [5, 5.41) is 5.92. The number of aromatic nitrogens is 1. The predicted octanol–water partition coefficient (Wildman–Crippen LogP) is 0.376. The van der Waals surface area contributed by atoms with Gasteiger partial charge in [0, 0.05) is 25.0 Å². The van der Waals surface area contributed by atoms with Crippen molar-refractivity contribution in [2.24, 2.45) is 0 Å². The zero-order valence-corrected chi connectivity index (χ0v) is 8.90. The summed E-state index contributed by atoms with van der Waals surface area (Å²) in [6.07, 6.45) is 0. The molecule has 74 valence electrons. The Balaban J connectivity index is 2.13. The van der Waals surface area contributed by atoms with Crippen LogP contribution in [-0.2, 0) is 6.54 Å². The first-order chi connectivity index (χ1) is 6.18. The van der Waals surface area contributed by atoms with Gasteiger partial charge in [0.1, 0.15) is 0 Å². The smallest absolute Gasteiger partial charge is 0.180 e. The summed E-state index contributed by atoms with van der Waals surface area (Å²) in [4.78, 5) is 6.29. The highest BCUT2D eigenvalue weighted by atomic mass is 32.1. The number of nitrogen functional groups attached to an aromatic ring is 1. The van der Waals surface area contributed by atoms with E-state index in [9.17, 15) is 0 Å². The minimum absolute atomic E-state index is 0.643. The number of rotatable bonds is 5. The van der Waals surface area contributed by atoms with Crippen molar-refractivity contribution in [2.75, 3.05) is 32.9 Å². The van der Waals surface area contributed by atoms with E-state index in [0.717, 1.165) is 25.3 Å². The van der Waals surface area contributed by atoms with Crippen LogP contribution in [-0.4, -0.2) is 37.1 Å². The molecule has 0 spiro atoms. The van der Waals surface area contributed by atoms with Gasteiger partial charge in [-0.3, -0.25) is 0 Å². The monoisotopic (exact) mass is 200 g/mol. The Morgan fingerprint density at radius 3 is 2.92 bits per heavy atom. The average molecular weight is 200 g/mol. The van der Waals surface area contributed by atoms with Crippen LogP contribution in [0.3, 0.4) is 0 Å². The molecule has 0 aliphatic rings. The summed E-state index contributed by atoms with van der Waals surface area (Å²) in [6.45, 7) is 2.82. The largest absolute Gasteiger partial charge is 0.375 e. The first-order valence-corrected chi connectivity index (χ1v) is 5.12. The Kier molecular flexibility index (Phi) is 4.14. The second kappa shape index (κ2) is 5.16. The van der Waals surface area contributed by atoms with Gasteiger partial charge in [-0.2, -0.15) is 0 Å². The van der Waals surface area contributed by atoms with Crippen LogP contribution < -0.4 is 11.1 Å². The van der Waals surface area contributed by atoms with Crippen LogP contribution in [0, 0.1) is 0 Å². The number of nitrogens with two attached hydrogens (primary N) is 1. The summed E-state index contributed by atoms with van der Waals surface area (Å²) in [7, 11) is 4.12. The number of anilines is 1. The van der Waals surface area contributed by atoms with Crippen molar-refractivity contribution in [2.45, 2.75) is 6.54 Å². The fourth-order valence-electron chi connectivity index (χ4n) is 0.923. The first-order valence-electron chi connectivity index (χ1n) is 4.24. The van der Waals surface area contributed by atoms with E-state index < -0.39 is 0 Å². The first kappa shape index (κ1) is 10.4. The molecule has 5 heteroatoms. The third-order valence-corrected chi connectivity index (χ3v) is 2.33. The Hall–Kier alpha value is -0.650. The summed E-state index contributed by atoms with van der Waals surface area (Å²) in [6, 6.07) is 0. The standard InChI is InChI=1S/C8H16N4S/c1-12(2)4-3-10-5-7-6-13-8(9)11-7/h6,10H,3-5H2,1-2H3,(H2,9,11). The van der Waals surface area contributed by atoms with Crippen LogP contribution >= 0.6 is 11.3 Å². The van der Waals surface area contributed by atoms with E-state index in [2.05, 4.69) is 29.3 Å². The van der Waals surface area contributed by atoms with E-state index in [-0.39, 0.29) is 0 Å². The summed E-state index contributed by atoms with van der Waals surface area (Å²) >= 11 is 1.48. The van der Waals surface area contributed by atoms with Crippen molar-refractivity contribution >= 4 is 16.5 Å². The Bertz CT molecular complexity index is 246. The van der Waals surface area contributed by atoms with E-state index in [1.807, 2.05) is 5.38 Å². The van der Waals surface area contributed by atoms with E-state index in [1.54, 1.807) is 0 Å². The van der Waals surface area contributed by atoms with Gasteiger partial charge in [0.05, 0.1) is 5.69 Å². The molecule has 0 saturated heterocycles. The summed E-state index contributed by atoms with van der Waals surface area (Å²) in [5.41, 5.74) is 6.53. The molecule has 0 amide bonds. The number of thiazole rings is 1. The molecule has 0 bridgehead atoms. The number of likely N-dealkylation sites (N-methyl/N-ethyl adjacent to an activating group) is 1. The third-order valence-electron chi connectivity index (χ3n) is 1.61. The van der Waals surface area contributed by atoms with Crippen molar-refractivity contribution in [3.8, 4) is 0 Å². The fourth-order valence-corrected chi connectivity index (χ4v) is 1.49. The topological polar surface area (TPSA) is 54.2 Å². The highest BCUT2D eigenvalue weighted by molar-refractivity contribution is 7.13. The van der Waals surface area contributed by atoms with Gasteiger partial charge in [-0.15, -0.1) is 11.3 Å². The van der Waals surface area contributed by atoms with Crippen LogP contribution in [0.25, 0.3) is 0 Å². The molecule has 0 atom stereocenters. The van der Waals surface area contributed by atoms with Gasteiger partial charge < -0.3 is 16.0 Å². The lowest BCUT2D eigenvalue weighted by atomic mass is 10.4. The zero-order chi connectivity index (χ0) is 9.68. The molecule has 1 aromatic rings. The van der Waals surface area contributed by atoms with Gasteiger partial charge >= 0.3 is 0 Å². The van der Waals surface area contributed by atoms with E-state index in [0.29, 0.717) is 5.13 Å². The Labute approximate surface area is 82.8 Å². The highest BCUT2D eigenvalue weighted by Gasteiger charge is 1.97. The summed E-state index contributed by atoms with van der Waals surface area (Å²) < 4.78 is 0. The van der Waals surface area contributed by atoms with Gasteiger partial charge in [0.2, 0.25) is 0 Å². The molecule has 0 unspecified atom stereocenters. The number of nitrogens with zero attached hydrogens (tertiary/aromatic N) is 2. The van der Waals surface area contributed by atoms with Crippen LogP contribution in [0.1, 0.15) is 5.69 Å². The molecule has 0 aliphatic heterocycles.